The number of nitrogens with one attached hydrogen (secondary N) is 3. The third-order valence-electron chi connectivity index (χ3n) is 4.24. The normalized spacial score (nSPS) is 10.2. The third kappa shape index (κ3) is 7.93. The van der Waals surface area contributed by atoms with Crippen molar-refractivity contribution >= 4 is 33.7 Å². The van der Waals surface area contributed by atoms with Gasteiger partial charge in [-0.25, -0.2) is 0 Å². The van der Waals surface area contributed by atoms with Gasteiger partial charge in [-0.2, -0.15) is 0 Å². The number of unbranched alkanes of at least 4 members (excludes halogenated alkanes) is 1. The molecule has 2 aromatic carbocycles. The van der Waals surface area contributed by atoms with Gasteiger partial charge in [0.25, 0.3) is 11.8 Å². The summed E-state index contributed by atoms with van der Waals surface area (Å²) in [7, 11) is 1.49. The quantitative estimate of drug-likeness (QED) is 0.349. The van der Waals surface area contributed by atoms with E-state index in [1.807, 2.05) is 0 Å². The van der Waals surface area contributed by atoms with Gasteiger partial charge in [0.1, 0.15) is 0 Å². The van der Waals surface area contributed by atoms with Crippen LogP contribution in [0.4, 0.5) is 0 Å². The molecule has 0 radical (unpaired) electrons. The van der Waals surface area contributed by atoms with Crippen molar-refractivity contribution in [3.05, 3.63) is 58.1 Å². The Labute approximate surface area is 189 Å². The highest BCUT2D eigenvalue weighted by molar-refractivity contribution is 9.10. The molecule has 31 heavy (non-hydrogen) atoms. The zero-order valence-corrected chi connectivity index (χ0v) is 19.1. The fourth-order valence-corrected chi connectivity index (χ4v) is 2.77. The first kappa shape index (κ1) is 24.2. The van der Waals surface area contributed by atoms with E-state index in [9.17, 15) is 14.4 Å². The molecule has 0 saturated heterocycles. The molecule has 0 unspecified atom stereocenters. The molecule has 0 saturated carbocycles. The van der Waals surface area contributed by atoms with Gasteiger partial charge < -0.3 is 14.8 Å². The number of benzene rings is 2. The molecule has 0 aliphatic carbocycles. The molecule has 0 atom stereocenters. The molecular weight excluding hydrogens is 466 g/mol. The van der Waals surface area contributed by atoms with Crippen molar-refractivity contribution in [1.82, 2.24) is 16.2 Å². The Morgan fingerprint density at radius 3 is 2.32 bits per heavy atom. The molecule has 0 aliphatic heterocycles. The molecule has 166 valence electrons. The van der Waals surface area contributed by atoms with Crippen LogP contribution in [0, 0.1) is 0 Å². The number of carbonyl (C=O) groups excluding carboxylic acids is 3. The number of rotatable bonds is 10. The number of halogens is 1. The summed E-state index contributed by atoms with van der Waals surface area (Å²) in [6.07, 6.45) is 1.94. The Bertz CT molecular complexity index is 903. The van der Waals surface area contributed by atoms with E-state index >= 15 is 0 Å². The van der Waals surface area contributed by atoms with Crippen molar-refractivity contribution in [1.29, 1.82) is 0 Å². The Hall–Kier alpha value is -3.07. The Kier molecular flexibility index (Phi) is 9.83. The minimum atomic E-state index is -0.495. The topological polar surface area (TPSA) is 106 Å². The molecule has 3 amide bonds. The number of hydrazine groups is 1. The molecule has 0 aromatic heterocycles. The molecule has 0 fully saturated rings. The molecular formula is C22H26BrN3O5. The zero-order chi connectivity index (χ0) is 22.6. The van der Waals surface area contributed by atoms with Crippen LogP contribution in [0.3, 0.4) is 0 Å². The van der Waals surface area contributed by atoms with E-state index in [4.69, 9.17) is 9.47 Å². The van der Waals surface area contributed by atoms with Crippen molar-refractivity contribution in [2.45, 2.75) is 26.2 Å². The first-order chi connectivity index (χ1) is 14.9. The molecule has 3 N–H and O–H groups in total. The van der Waals surface area contributed by atoms with E-state index in [1.54, 1.807) is 42.5 Å². The molecule has 2 rings (SSSR count). The fraction of sp³-hybridized carbons (Fsp3) is 0.318. The molecule has 0 spiro atoms. The van der Waals surface area contributed by atoms with E-state index in [0.717, 1.165) is 17.3 Å². The summed E-state index contributed by atoms with van der Waals surface area (Å²) in [5.41, 5.74) is 5.48. The van der Waals surface area contributed by atoms with Gasteiger partial charge in [0.2, 0.25) is 5.91 Å². The van der Waals surface area contributed by atoms with Crippen molar-refractivity contribution in [3.63, 3.8) is 0 Å². The van der Waals surface area contributed by atoms with Crippen LogP contribution in [0.5, 0.6) is 11.5 Å². The lowest BCUT2D eigenvalue weighted by Gasteiger charge is -2.12. The summed E-state index contributed by atoms with van der Waals surface area (Å²) in [5, 5.41) is 2.65. The van der Waals surface area contributed by atoms with E-state index in [1.165, 1.54) is 7.11 Å². The molecule has 0 bridgehead atoms. The summed E-state index contributed by atoms with van der Waals surface area (Å²) in [4.78, 5) is 36.2. The highest BCUT2D eigenvalue weighted by Gasteiger charge is 2.12. The Balaban J connectivity index is 1.77. The van der Waals surface area contributed by atoms with Gasteiger partial charge in [-0.15, -0.1) is 0 Å². The second-order valence-electron chi connectivity index (χ2n) is 6.58. The maximum Gasteiger partial charge on any atom is 0.269 e. The van der Waals surface area contributed by atoms with Gasteiger partial charge in [0, 0.05) is 28.6 Å². The number of amides is 3. The standard InChI is InChI=1S/C22H26BrN3O5/c1-3-4-13-31-18-10-7-16(14-19(18)30-2)22(29)26-25-20(27)11-12-24-21(28)15-5-8-17(23)9-6-15/h5-10,14H,3-4,11-13H2,1-2H3,(H,24,28)(H,25,27)(H,26,29). The molecule has 0 aliphatic rings. The highest BCUT2D eigenvalue weighted by atomic mass is 79.9. The number of ether oxygens (including phenoxy) is 2. The predicted octanol–water partition coefficient (Wildman–Crippen LogP) is 3.22. The molecule has 2 aromatic rings. The van der Waals surface area contributed by atoms with Crippen LogP contribution >= 0.6 is 15.9 Å². The second-order valence-corrected chi connectivity index (χ2v) is 7.50. The van der Waals surface area contributed by atoms with E-state index in [-0.39, 0.29) is 18.9 Å². The van der Waals surface area contributed by atoms with Gasteiger partial charge >= 0.3 is 0 Å². The van der Waals surface area contributed by atoms with Crippen molar-refractivity contribution in [2.24, 2.45) is 0 Å². The van der Waals surface area contributed by atoms with Gasteiger partial charge in [-0.1, -0.05) is 29.3 Å². The van der Waals surface area contributed by atoms with E-state index < -0.39 is 11.8 Å². The van der Waals surface area contributed by atoms with Crippen molar-refractivity contribution in [3.8, 4) is 11.5 Å². The summed E-state index contributed by atoms with van der Waals surface area (Å²) in [6.45, 7) is 2.76. The van der Waals surface area contributed by atoms with E-state index in [2.05, 4.69) is 39.0 Å². The van der Waals surface area contributed by atoms with Crippen LogP contribution in [0.1, 0.15) is 46.9 Å². The average molecular weight is 492 g/mol. The lowest BCUT2D eigenvalue weighted by atomic mass is 10.2. The summed E-state index contributed by atoms with van der Waals surface area (Å²) < 4.78 is 11.8. The van der Waals surface area contributed by atoms with Crippen molar-refractivity contribution in [2.75, 3.05) is 20.3 Å². The molecule has 8 nitrogen and oxygen atoms in total. The summed E-state index contributed by atoms with van der Waals surface area (Å²) in [5.74, 6) is -0.219. The number of hydrogen-bond donors (Lipinski definition) is 3. The lowest BCUT2D eigenvalue weighted by Crippen LogP contribution is -2.42. The summed E-state index contributed by atoms with van der Waals surface area (Å²) >= 11 is 3.30. The fourth-order valence-electron chi connectivity index (χ4n) is 2.51. The largest absolute Gasteiger partial charge is 0.493 e. The highest BCUT2D eigenvalue weighted by Crippen LogP contribution is 2.28. The SMILES string of the molecule is CCCCOc1ccc(C(=O)NNC(=O)CCNC(=O)c2ccc(Br)cc2)cc1OC. The van der Waals surface area contributed by atoms with Crippen LogP contribution in [-0.2, 0) is 4.79 Å². The Morgan fingerprint density at radius 1 is 0.935 bits per heavy atom. The number of hydrogen-bond acceptors (Lipinski definition) is 5. The first-order valence-electron chi connectivity index (χ1n) is 9.88. The number of carbonyl (C=O) groups is 3. The minimum Gasteiger partial charge on any atom is -0.493 e. The maximum atomic E-state index is 12.3. The molecule has 9 heteroatoms. The number of methoxy groups -OCH3 is 1. The van der Waals surface area contributed by atoms with Crippen LogP contribution in [0.25, 0.3) is 0 Å². The average Bonchev–Trinajstić information content (AvgIpc) is 2.78. The van der Waals surface area contributed by atoms with Crippen LogP contribution in [0.2, 0.25) is 0 Å². The predicted molar refractivity (Wildman–Crippen MR) is 120 cm³/mol. The maximum absolute atomic E-state index is 12.3. The lowest BCUT2D eigenvalue weighted by molar-refractivity contribution is -0.121. The monoisotopic (exact) mass is 491 g/mol. The van der Waals surface area contributed by atoms with E-state index in [0.29, 0.717) is 29.2 Å². The van der Waals surface area contributed by atoms with Crippen LogP contribution in [0.15, 0.2) is 46.9 Å². The van der Waals surface area contributed by atoms with Crippen molar-refractivity contribution < 1.29 is 23.9 Å². The third-order valence-corrected chi connectivity index (χ3v) is 4.77. The van der Waals surface area contributed by atoms with Gasteiger partial charge in [-0.05, 0) is 48.9 Å². The van der Waals surface area contributed by atoms with Crippen LogP contribution < -0.4 is 25.6 Å². The first-order valence-corrected chi connectivity index (χ1v) is 10.7. The minimum absolute atomic E-state index is 0.01000. The zero-order valence-electron chi connectivity index (χ0n) is 17.5. The molecule has 0 heterocycles. The van der Waals surface area contributed by atoms with Gasteiger partial charge in [0.15, 0.2) is 11.5 Å². The van der Waals surface area contributed by atoms with Crippen LogP contribution in [-0.4, -0.2) is 38.0 Å². The Morgan fingerprint density at radius 2 is 1.65 bits per heavy atom. The van der Waals surface area contributed by atoms with Gasteiger partial charge in [-0.3, -0.25) is 25.2 Å². The second kappa shape index (κ2) is 12.6. The smallest absolute Gasteiger partial charge is 0.269 e. The van der Waals surface area contributed by atoms with Gasteiger partial charge in [0.05, 0.1) is 13.7 Å². The summed E-state index contributed by atoms with van der Waals surface area (Å²) in [6, 6.07) is 11.7.